The van der Waals surface area contributed by atoms with Crippen molar-refractivity contribution in [1.29, 1.82) is 0 Å². The highest BCUT2D eigenvalue weighted by Gasteiger charge is 2.41. The molecule has 0 fully saturated rings. The molecular formula is C35H21F9O. The number of halogens is 9. The number of allylic oxidation sites excluding steroid dienone is 1. The van der Waals surface area contributed by atoms with E-state index >= 15 is 8.78 Å². The highest BCUT2D eigenvalue weighted by molar-refractivity contribution is 5.75. The molecule has 0 aliphatic carbocycles. The molecule has 5 rings (SSSR count). The average molecular weight is 629 g/mol. The molecule has 10 heteroatoms. The van der Waals surface area contributed by atoms with Crippen molar-refractivity contribution in [2.75, 3.05) is 0 Å². The maximum Gasteiger partial charge on any atom is 0.432 e. The van der Waals surface area contributed by atoms with Crippen molar-refractivity contribution < 1.29 is 44.3 Å². The first-order valence-corrected chi connectivity index (χ1v) is 13.5. The Kier molecular flexibility index (Phi) is 8.77. The van der Waals surface area contributed by atoms with Crippen molar-refractivity contribution in [3.05, 3.63) is 143 Å². The van der Waals surface area contributed by atoms with Crippen LogP contribution in [0.15, 0.2) is 91.0 Å². The lowest BCUT2D eigenvalue weighted by atomic mass is 9.96. The third-order valence-corrected chi connectivity index (χ3v) is 6.89. The zero-order valence-electron chi connectivity index (χ0n) is 23.3. The first kappa shape index (κ1) is 31.4. The Labute approximate surface area is 251 Å². The average Bonchev–Trinajstić information content (AvgIpc) is 2.98. The molecule has 0 saturated carbocycles. The van der Waals surface area contributed by atoms with Crippen molar-refractivity contribution in [1.82, 2.24) is 0 Å². The summed E-state index contributed by atoms with van der Waals surface area (Å²) in [6.45, 7) is 2.02. The molecule has 0 aliphatic rings. The predicted molar refractivity (Wildman–Crippen MR) is 153 cm³/mol. The summed E-state index contributed by atoms with van der Waals surface area (Å²) in [5.74, 6) is -12.3. The molecule has 0 saturated heterocycles. The van der Waals surface area contributed by atoms with Crippen LogP contribution < -0.4 is 4.74 Å². The molecular weight excluding hydrogens is 607 g/mol. The maximum atomic E-state index is 15.2. The van der Waals surface area contributed by atoms with Crippen molar-refractivity contribution in [3.8, 4) is 39.1 Å². The Balaban J connectivity index is 1.40. The van der Waals surface area contributed by atoms with Crippen LogP contribution in [0, 0.1) is 40.7 Å². The highest BCUT2D eigenvalue weighted by atomic mass is 19.3. The molecule has 0 aliphatic heterocycles. The van der Waals surface area contributed by atoms with E-state index in [0.29, 0.717) is 17.7 Å². The molecule has 0 atom stereocenters. The molecule has 0 heterocycles. The van der Waals surface area contributed by atoms with Crippen LogP contribution in [0.25, 0.3) is 39.5 Å². The number of ether oxygens (including phenoxy) is 1. The summed E-state index contributed by atoms with van der Waals surface area (Å²) in [7, 11) is 0. The quantitative estimate of drug-likeness (QED) is 0.123. The van der Waals surface area contributed by atoms with E-state index < -0.39 is 63.7 Å². The van der Waals surface area contributed by atoms with Gasteiger partial charge in [-0.3, -0.25) is 0 Å². The monoisotopic (exact) mass is 628 g/mol. The first-order chi connectivity index (χ1) is 21.4. The molecule has 230 valence electrons. The van der Waals surface area contributed by atoms with Gasteiger partial charge >= 0.3 is 6.11 Å². The second kappa shape index (κ2) is 12.6. The summed E-state index contributed by atoms with van der Waals surface area (Å²) in [6.07, 6.45) is 0.0627. The number of alkyl halides is 2. The van der Waals surface area contributed by atoms with Crippen molar-refractivity contribution in [2.45, 2.75) is 19.5 Å². The maximum absolute atomic E-state index is 15.2. The number of hydrogen-bond donors (Lipinski definition) is 0. The van der Waals surface area contributed by atoms with Crippen LogP contribution in [0.4, 0.5) is 39.5 Å². The molecule has 5 aromatic carbocycles. The minimum Gasteiger partial charge on any atom is -0.429 e. The lowest BCUT2D eigenvalue weighted by Crippen LogP contribution is -2.25. The van der Waals surface area contributed by atoms with Gasteiger partial charge in [-0.25, -0.2) is 30.7 Å². The van der Waals surface area contributed by atoms with E-state index in [4.69, 9.17) is 0 Å². The number of rotatable bonds is 8. The summed E-state index contributed by atoms with van der Waals surface area (Å²) in [5.41, 5.74) is -0.297. The SMILES string of the molecule is CCC=Cc1ccc(-c2ccc(-c3ccc(-c4cc(F)c(C(F)(F)Oc5cc(F)c(F)c(F)c5)c(F)c4)c(F)c3)c(F)c2)cc1. The first-order valence-electron chi connectivity index (χ1n) is 13.5. The zero-order valence-corrected chi connectivity index (χ0v) is 23.3. The molecule has 0 spiro atoms. The number of benzene rings is 5. The Morgan fingerprint density at radius 2 is 1.04 bits per heavy atom. The van der Waals surface area contributed by atoms with Gasteiger partial charge in [0.15, 0.2) is 17.5 Å². The highest BCUT2D eigenvalue weighted by Crippen LogP contribution is 2.39. The van der Waals surface area contributed by atoms with E-state index in [-0.39, 0.29) is 28.8 Å². The van der Waals surface area contributed by atoms with Crippen LogP contribution >= 0.6 is 0 Å². The third-order valence-electron chi connectivity index (χ3n) is 6.89. The van der Waals surface area contributed by atoms with Gasteiger partial charge in [0.1, 0.15) is 34.6 Å². The fraction of sp³-hybridized carbons (Fsp3) is 0.0857. The lowest BCUT2D eigenvalue weighted by molar-refractivity contribution is -0.189. The summed E-state index contributed by atoms with van der Waals surface area (Å²) in [4.78, 5) is 0. The minimum absolute atomic E-state index is 0.0462. The Morgan fingerprint density at radius 3 is 1.60 bits per heavy atom. The summed E-state index contributed by atoms with van der Waals surface area (Å²) >= 11 is 0. The second-order valence-corrected chi connectivity index (χ2v) is 9.96. The molecule has 5 aromatic rings. The number of hydrogen-bond acceptors (Lipinski definition) is 1. The normalized spacial score (nSPS) is 11.8. The summed E-state index contributed by atoms with van der Waals surface area (Å²) < 4.78 is 133. The van der Waals surface area contributed by atoms with E-state index in [9.17, 15) is 30.7 Å². The second-order valence-electron chi connectivity index (χ2n) is 9.96. The van der Waals surface area contributed by atoms with Gasteiger partial charge in [-0.2, -0.15) is 8.78 Å². The van der Waals surface area contributed by atoms with E-state index in [1.165, 1.54) is 18.2 Å². The van der Waals surface area contributed by atoms with Crippen molar-refractivity contribution in [3.63, 3.8) is 0 Å². The standard InChI is InChI=1S/C35H21F9O/c1-2-3-4-19-5-7-20(8-6-19)21-9-11-25(27(36)13-21)22-10-12-26(28(37)14-22)23-15-29(38)33(30(39)16-23)35(43,44)45-24-17-31(40)34(42)32(41)18-24/h3-18H,2H2,1H3. The fourth-order valence-electron chi connectivity index (χ4n) is 4.68. The van der Waals surface area contributed by atoms with Crippen LogP contribution in [-0.4, -0.2) is 0 Å². The van der Waals surface area contributed by atoms with Gasteiger partial charge in [0.2, 0.25) is 0 Å². The van der Waals surface area contributed by atoms with Gasteiger partial charge in [-0.1, -0.05) is 67.6 Å². The largest absolute Gasteiger partial charge is 0.432 e. The van der Waals surface area contributed by atoms with E-state index in [1.54, 1.807) is 6.07 Å². The summed E-state index contributed by atoms with van der Waals surface area (Å²) in [5, 5.41) is 0. The van der Waals surface area contributed by atoms with E-state index in [2.05, 4.69) is 4.74 Å². The van der Waals surface area contributed by atoms with E-state index in [0.717, 1.165) is 29.7 Å². The van der Waals surface area contributed by atoms with Crippen LogP contribution in [0.5, 0.6) is 5.75 Å². The van der Waals surface area contributed by atoms with Crippen LogP contribution in [-0.2, 0) is 6.11 Å². The third kappa shape index (κ3) is 6.60. The van der Waals surface area contributed by atoms with Crippen molar-refractivity contribution >= 4 is 6.08 Å². The molecule has 0 radical (unpaired) electrons. The van der Waals surface area contributed by atoms with Gasteiger partial charge in [0.25, 0.3) is 0 Å². The van der Waals surface area contributed by atoms with Crippen molar-refractivity contribution in [2.24, 2.45) is 0 Å². The summed E-state index contributed by atoms with van der Waals surface area (Å²) in [6, 6.07) is 16.2. The smallest absolute Gasteiger partial charge is 0.429 e. The molecule has 0 amide bonds. The van der Waals surface area contributed by atoms with Crippen LogP contribution in [0.2, 0.25) is 0 Å². The Morgan fingerprint density at radius 1 is 0.556 bits per heavy atom. The zero-order chi connectivity index (χ0) is 32.5. The van der Waals surface area contributed by atoms with Gasteiger partial charge < -0.3 is 4.74 Å². The fourth-order valence-corrected chi connectivity index (χ4v) is 4.68. The Bertz CT molecular complexity index is 1870. The van der Waals surface area contributed by atoms with E-state index in [1.807, 2.05) is 43.3 Å². The van der Waals surface area contributed by atoms with Crippen LogP contribution in [0.1, 0.15) is 24.5 Å². The molecule has 0 aromatic heterocycles. The molecule has 0 N–H and O–H groups in total. The molecule has 45 heavy (non-hydrogen) atoms. The molecule has 0 bridgehead atoms. The lowest BCUT2D eigenvalue weighted by Gasteiger charge is -2.20. The molecule has 0 unspecified atom stereocenters. The molecule has 1 nitrogen and oxygen atoms in total. The predicted octanol–water partition coefficient (Wildman–Crippen LogP) is 11.2. The van der Waals surface area contributed by atoms with Crippen LogP contribution in [0.3, 0.4) is 0 Å². The van der Waals surface area contributed by atoms with Gasteiger partial charge in [0, 0.05) is 23.3 Å². The Hall–Kier alpha value is -4.99. The minimum atomic E-state index is -4.80. The topological polar surface area (TPSA) is 9.23 Å². The van der Waals surface area contributed by atoms with Gasteiger partial charge in [-0.05, 0) is 58.5 Å². The van der Waals surface area contributed by atoms with Gasteiger partial charge in [-0.15, -0.1) is 0 Å². The van der Waals surface area contributed by atoms with Gasteiger partial charge in [0.05, 0.1) is 0 Å².